The Balaban J connectivity index is 1.21. The Morgan fingerprint density at radius 3 is 2.31 bits per heavy atom. The number of hydrogen-bond donors (Lipinski definition) is 1. The second kappa shape index (κ2) is 10.3. The van der Waals surface area contributed by atoms with Crippen LogP contribution < -0.4 is 4.72 Å². The van der Waals surface area contributed by atoms with E-state index in [4.69, 9.17) is 11.6 Å². The van der Waals surface area contributed by atoms with Gasteiger partial charge in [0.2, 0.25) is 0 Å². The summed E-state index contributed by atoms with van der Waals surface area (Å²) in [7, 11) is -3.85. The number of aromatic nitrogens is 1. The predicted molar refractivity (Wildman–Crippen MR) is 142 cm³/mol. The quantitative estimate of drug-likeness (QED) is 0.400. The Labute approximate surface area is 215 Å². The van der Waals surface area contributed by atoms with Gasteiger partial charge in [-0.2, -0.15) is 0 Å². The summed E-state index contributed by atoms with van der Waals surface area (Å²) in [5.41, 5.74) is 2.51. The third kappa shape index (κ3) is 5.36. The molecule has 2 heterocycles. The summed E-state index contributed by atoms with van der Waals surface area (Å²) >= 11 is 5.96. The predicted octanol–water partition coefficient (Wildman–Crippen LogP) is 4.65. The zero-order chi connectivity index (χ0) is 25.1. The maximum Gasteiger partial charge on any atom is 0.264 e. The van der Waals surface area contributed by atoms with E-state index in [0.29, 0.717) is 29.9 Å². The molecule has 1 amide bonds. The van der Waals surface area contributed by atoms with Crippen molar-refractivity contribution in [3.05, 3.63) is 101 Å². The van der Waals surface area contributed by atoms with Gasteiger partial charge in [0.05, 0.1) is 5.52 Å². The summed E-state index contributed by atoms with van der Waals surface area (Å²) < 4.78 is 28.6. The van der Waals surface area contributed by atoms with Crippen LogP contribution in [0.5, 0.6) is 0 Å². The van der Waals surface area contributed by atoms with Gasteiger partial charge in [0.15, 0.2) is 0 Å². The number of benzene rings is 3. The lowest BCUT2D eigenvalue weighted by atomic mass is 10.1. The van der Waals surface area contributed by atoms with Crippen molar-refractivity contribution in [3.8, 4) is 0 Å². The molecule has 9 heteroatoms. The summed E-state index contributed by atoms with van der Waals surface area (Å²) in [5.74, 6) is -0.0613. The summed E-state index contributed by atoms with van der Waals surface area (Å²) in [4.78, 5) is 21.5. The molecule has 0 spiro atoms. The van der Waals surface area contributed by atoms with Gasteiger partial charge in [-0.25, -0.2) is 8.42 Å². The van der Waals surface area contributed by atoms with Gasteiger partial charge >= 0.3 is 0 Å². The van der Waals surface area contributed by atoms with Gasteiger partial charge in [-0.15, -0.1) is 0 Å². The minimum absolute atomic E-state index is 0.0613. The van der Waals surface area contributed by atoms with Crippen LogP contribution in [0.2, 0.25) is 5.02 Å². The molecular weight excluding hydrogens is 496 g/mol. The molecule has 0 bridgehead atoms. The molecular formula is C27H25ClN4O3S. The lowest BCUT2D eigenvalue weighted by Crippen LogP contribution is -2.48. The molecule has 1 fully saturated rings. The number of carbonyl (C=O) groups is 1. The first-order valence-electron chi connectivity index (χ1n) is 11.6. The summed E-state index contributed by atoms with van der Waals surface area (Å²) in [6.45, 7) is 3.65. The van der Waals surface area contributed by atoms with Gasteiger partial charge in [0, 0.05) is 60.6 Å². The summed E-state index contributed by atoms with van der Waals surface area (Å²) in [6, 6.07) is 23.0. The molecule has 0 radical (unpaired) electrons. The van der Waals surface area contributed by atoms with Gasteiger partial charge in [-0.05, 0) is 54.1 Å². The molecule has 5 rings (SSSR count). The van der Waals surface area contributed by atoms with Crippen molar-refractivity contribution >= 4 is 44.1 Å². The van der Waals surface area contributed by atoms with Gasteiger partial charge in [0.1, 0.15) is 4.90 Å². The van der Waals surface area contributed by atoms with Gasteiger partial charge < -0.3 is 4.90 Å². The summed E-state index contributed by atoms with van der Waals surface area (Å²) in [5, 5.41) is 1.47. The van der Waals surface area contributed by atoms with Crippen molar-refractivity contribution < 1.29 is 13.2 Å². The van der Waals surface area contributed by atoms with Crippen LogP contribution in [0.4, 0.5) is 5.69 Å². The lowest BCUT2D eigenvalue weighted by molar-refractivity contribution is 0.0628. The lowest BCUT2D eigenvalue weighted by Gasteiger charge is -2.34. The topological polar surface area (TPSA) is 82.6 Å². The number of hydrogen-bond acceptors (Lipinski definition) is 5. The average Bonchev–Trinajstić information content (AvgIpc) is 2.90. The van der Waals surface area contributed by atoms with E-state index in [1.165, 1.54) is 11.6 Å². The fourth-order valence-electron chi connectivity index (χ4n) is 4.32. The normalized spacial score (nSPS) is 14.6. The molecule has 184 valence electrons. The zero-order valence-electron chi connectivity index (χ0n) is 19.5. The molecule has 0 saturated carbocycles. The van der Waals surface area contributed by atoms with Gasteiger partial charge in [-0.1, -0.05) is 41.9 Å². The van der Waals surface area contributed by atoms with Crippen LogP contribution in [-0.4, -0.2) is 55.3 Å². The minimum atomic E-state index is -3.85. The van der Waals surface area contributed by atoms with Crippen LogP contribution in [0, 0.1) is 0 Å². The SMILES string of the molecule is O=C(c1ccc(NS(=O)(=O)c2cccc3cccnc23)cc1)N1CCN(Cc2ccc(Cl)cc2)CC1. The third-order valence-electron chi connectivity index (χ3n) is 6.25. The van der Waals surface area contributed by atoms with Crippen LogP contribution in [0.3, 0.4) is 0 Å². The second-order valence-electron chi connectivity index (χ2n) is 8.71. The third-order valence-corrected chi connectivity index (χ3v) is 7.91. The maximum atomic E-state index is 13.0. The van der Waals surface area contributed by atoms with Crippen molar-refractivity contribution in [1.29, 1.82) is 0 Å². The highest BCUT2D eigenvalue weighted by molar-refractivity contribution is 7.93. The fourth-order valence-corrected chi connectivity index (χ4v) is 5.69. The number of anilines is 1. The molecule has 1 saturated heterocycles. The molecule has 1 N–H and O–H groups in total. The highest BCUT2D eigenvalue weighted by atomic mass is 35.5. The van der Waals surface area contributed by atoms with E-state index in [1.807, 2.05) is 41.3 Å². The first-order chi connectivity index (χ1) is 17.4. The molecule has 0 aliphatic carbocycles. The van der Waals surface area contributed by atoms with E-state index in [9.17, 15) is 13.2 Å². The Hall–Kier alpha value is -3.46. The monoisotopic (exact) mass is 520 g/mol. The zero-order valence-corrected chi connectivity index (χ0v) is 21.0. The Morgan fingerprint density at radius 2 is 1.58 bits per heavy atom. The molecule has 36 heavy (non-hydrogen) atoms. The number of nitrogens with one attached hydrogen (secondary N) is 1. The number of halogens is 1. The number of fused-ring (bicyclic) bond motifs is 1. The van der Waals surface area contributed by atoms with E-state index in [-0.39, 0.29) is 10.8 Å². The van der Waals surface area contributed by atoms with Gasteiger partial charge in [-0.3, -0.25) is 19.4 Å². The Morgan fingerprint density at radius 1 is 0.889 bits per heavy atom. The number of piperazine rings is 1. The molecule has 7 nitrogen and oxygen atoms in total. The molecule has 1 aromatic heterocycles. The van der Waals surface area contributed by atoms with Gasteiger partial charge in [0.25, 0.3) is 15.9 Å². The van der Waals surface area contributed by atoms with Crippen LogP contribution in [0.15, 0.2) is 90.0 Å². The summed E-state index contributed by atoms with van der Waals surface area (Å²) in [6.07, 6.45) is 1.57. The van der Waals surface area contributed by atoms with E-state index in [1.54, 1.807) is 42.6 Å². The number of carbonyl (C=O) groups excluding carboxylic acids is 1. The van der Waals surface area contributed by atoms with Crippen molar-refractivity contribution in [2.45, 2.75) is 11.4 Å². The minimum Gasteiger partial charge on any atom is -0.336 e. The van der Waals surface area contributed by atoms with Crippen molar-refractivity contribution in [2.24, 2.45) is 0 Å². The number of para-hydroxylation sites is 1. The number of sulfonamides is 1. The van der Waals surface area contributed by atoms with E-state index in [0.717, 1.165) is 30.0 Å². The first-order valence-corrected chi connectivity index (χ1v) is 13.5. The fraction of sp³-hybridized carbons (Fsp3) is 0.185. The average molecular weight is 521 g/mol. The van der Waals surface area contributed by atoms with E-state index in [2.05, 4.69) is 14.6 Å². The Kier molecular flexibility index (Phi) is 6.91. The molecule has 1 aliphatic rings. The van der Waals surface area contributed by atoms with Crippen molar-refractivity contribution in [1.82, 2.24) is 14.8 Å². The molecule has 3 aromatic carbocycles. The van der Waals surface area contributed by atoms with Crippen LogP contribution in [0.25, 0.3) is 10.9 Å². The Bertz CT molecular complexity index is 1480. The van der Waals surface area contributed by atoms with Crippen LogP contribution in [0.1, 0.15) is 15.9 Å². The van der Waals surface area contributed by atoms with E-state index >= 15 is 0 Å². The molecule has 4 aromatic rings. The smallest absolute Gasteiger partial charge is 0.264 e. The highest BCUT2D eigenvalue weighted by Gasteiger charge is 2.23. The molecule has 0 unspecified atom stereocenters. The standard InChI is InChI=1S/C27H25ClN4O3S/c28-23-10-6-20(7-11-23)19-31-15-17-32(18-16-31)27(33)22-8-12-24(13-9-22)30-36(34,35)25-5-1-3-21-4-2-14-29-26(21)25/h1-14,30H,15-19H2. The largest absolute Gasteiger partial charge is 0.336 e. The van der Waals surface area contributed by atoms with Crippen LogP contribution in [-0.2, 0) is 16.6 Å². The number of pyridine rings is 1. The van der Waals surface area contributed by atoms with E-state index < -0.39 is 10.0 Å². The second-order valence-corrected chi connectivity index (χ2v) is 10.8. The molecule has 0 atom stereocenters. The number of amides is 1. The first kappa shape index (κ1) is 24.2. The van der Waals surface area contributed by atoms with Crippen molar-refractivity contribution in [3.63, 3.8) is 0 Å². The highest BCUT2D eigenvalue weighted by Crippen LogP contribution is 2.24. The number of rotatable bonds is 6. The van der Waals surface area contributed by atoms with Crippen LogP contribution >= 0.6 is 11.6 Å². The van der Waals surface area contributed by atoms with Crippen molar-refractivity contribution in [2.75, 3.05) is 30.9 Å². The molecule has 1 aliphatic heterocycles. The maximum absolute atomic E-state index is 13.0. The number of nitrogens with zero attached hydrogens (tertiary/aromatic N) is 3.